The molecule has 0 N–H and O–H groups in total. The lowest BCUT2D eigenvalue weighted by Crippen LogP contribution is -2.22. The van der Waals surface area contributed by atoms with Gasteiger partial charge >= 0.3 is 11.9 Å². The molecule has 4 aromatic rings. The van der Waals surface area contributed by atoms with E-state index >= 15 is 0 Å². The maximum atomic E-state index is 13.3. The lowest BCUT2D eigenvalue weighted by Gasteiger charge is -2.26. The summed E-state index contributed by atoms with van der Waals surface area (Å²) >= 11 is 0. The van der Waals surface area contributed by atoms with Crippen LogP contribution in [0.5, 0.6) is 17.2 Å². The van der Waals surface area contributed by atoms with Gasteiger partial charge in [-0.1, -0.05) is 42.5 Å². The van der Waals surface area contributed by atoms with E-state index in [2.05, 4.69) is 4.74 Å². The molecule has 1 aliphatic rings. The van der Waals surface area contributed by atoms with Gasteiger partial charge in [-0.2, -0.15) is 0 Å². The largest absolute Gasteiger partial charge is 0.496 e. The van der Waals surface area contributed by atoms with Crippen molar-refractivity contribution in [3.05, 3.63) is 88.1 Å². The predicted octanol–water partition coefficient (Wildman–Crippen LogP) is 4.46. The van der Waals surface area contributed by atoms with Gasteiger partial charge in [-0.15, -0.1) is 0 Å². The van der Waals surface area contributed by atoms with E-state index in [9.17, 15) is 14.4 Å². The number of methoxy groups -OCH3 is 2. The number of benzene rings is 3. The number of hydrogen-bond acceptors (Lipinski definition) is 8. The Balaban J connectivity index is 1.71. The fraction of sp³-hybridized carbons (Fsp3) is 0.179. The average Bonchev–Trinajstić information content (AvgIpc) is 2.91. The van der Waals surface area contributed by atoms with Crippen LogP contribution < -0.4 is 19.6 Å². The Morgan fingerprint density at radius 1 is 1.00 bits per heavy atom. The Morgan fingerprint density at radius 2 is 1.81 bits per heavy atom. The van der Waals surface area contributed by atoms with Crippen molar-refractivity contribution in [2.75, 3.05) is 20.8 Å². The van der Waals surface area contributed by atoms with E-state index in [1.165, 1.54) is 20.3 Å². The van der Waals surface area contributed by atoms with Crippen molar-refractivity contribution in [3.8, 4) is 28.6 Å². The van der Waals surface area contributed by atoms with Crippen molar-refractivity contribution in [1.82, 2.24) is 0 Å². The molecule has 5 rings (SSSR count). The highest BCUT2D eigenvalue weighted by Crippen LogP contribution is 2.46. The molecule has 0 saturated carbocycles. The van der Waals surface area contributed by atoms with Gasteiger partial charge in [0.05, 0.1) is 20.6 Å². The third kappa shape index (κ3) is 4.29. The molecule has 3 aromatic carbocycles. The number of carbonyl (C=O) groups excluding carboxylic acids is 2. The van der Waals surface area contributed by atoms with Gasteiger partial charge in [-0.25, -0.2) is 4.79 Å². The predicted molar refractivity (Wildman–Crippen MR) is 131 cm³/mol. The molecule has 0 fully saturated rings. The second-order valence-corrected chi connectivity index (χ2v) is 8.20. The molecule has 0 unspecified atom stereocenters. The van der Waals surface area contributed by atoms with Gasteiger partial charge in [0.25, 0.3) is 0 Å². The van der Waals surface area contributed by atoms with E-state index in [0.717, 1.165) is 11.1 Å². The molecule has 182 valence electrons. The molecule has 8 heteroatoms. The molecule has 0 aliphatic carbocycles. The number of hydrogen-bond donors (Lipinski definition) is 0. The average molecular weight is 486 g/mol. The van der Waals surface area contributed by atoms with Crippen LogP contribution in [-0.2, 0) is 14.3 Å². The third-order valence-electron chi connectivity index (χ3n) is 6.03. The van der Waals surface area contributed by atoms with Crippen molar-refractivity contribution in [2.24, 2.45) is 0 Å². The second-order valence-electron chi connectivity index (χ2n) is 8.20. The van der Waals surface area contributed by atoms with Crippen molar-refractivity contribution in [1.29, 1.82) is 0 Å². The van der Waals surface area contributed by atoms with Gasteiger partial charge in [-0.05, 0) is 17.7 Å². The summed E-state index contributed by atoms with van der Waals surface area (Å²) in [6, 6.07) is 19.3. The van der Waals surface area contributed by atoms with E-state index in [0.29, 0.717) is 17.1 Å². The first-order valence-electron chi connectivity index (χ1n) is 11.2. The summed E-state index contributed by atoms with van der Waals surface area (Å²) in [7, 11) is 2.72. The molecule has 8 nitrogen and oxygen atoms in total. The van der Waals surface area contributed by atoms with Crippen LogP contribution in [-0.4, -0.2) is 32.8 Å². The van der Waals surface area contributed by atoms with Crippen molar-refractivity contribution in [2.45, 2.75) is 12.3 Å². The minimum atomic E-state index is -0.514. The van der Waals surface area contributed by atoms with Gasteiger partial charge < -0.3 is 23.4 Å². The van der Waals surface area contributed by atoms with Crippen LogP contribution in [0.1, 0.15) is 23.5 Å². The zero-order valence-corrected chi connectivity index (χ0v) is 19.6. The number of ether oxygens (including phenoxy) is 4. The fourth-order valence-corrected chi connectivity index (χ4v) is 4.36. The third-order valence-corrected chi connectivity index (χ3v) is 6.03. The van der Waals surface area contributed by atoms with E-state index in [4.69, 9.17) is 18.6 Å². The van der Waals surface area contributed by atoms with Gasteiger partial charge in [0, 0.05) is 29.2 Å². The zero-order valence-electron chi connectivity index (χ0n) is 19.6. The number of carbonyl (C=O) groups is 2. The second kappa shape index (κ2) is 9.58. The molecule has 0 bridgehead atoms. The SMILES string of the molecule is COC(=O)COc1cccc([C@@H]2CC(=O)Oc3cc(OC)c4c(=O)cc(-c5ccccc5)oc4c32)c1. The topological polar surface area (TPSA) is 101 Å². The molecule has 0 amide bonds. The summed E-state index contributed by atoms with van der Waals surface area (Å²) in [6.07, 6.45) is 0.0220. The number of esters is 2. The molecular formula is C28H22O8. The molecular weight excluding hydrogens is 464 g/mol. The highest BCUT2D eigenvalue weighted by atomic mass is 16.6. The van der Waals surface area contributed by atoms with Crippen LogP contribution in [0.15, 0.2) is 75.9 Å². The zero-order chi connectivity index (χ0) is 25.2. The highest BCUT2D eigenvalue weighted by Gasteiger charge is 2.34. The van der Waals surface area contributed by atoms with E-state index in [1.807, 2.05) is 36.4 Å². The molecule has 0 spiro atoms. The molecule has 1 aromatic heterocycles. The molecule has 1 atom stereocenters. The maximum absolute atomic E-state index is 13.3. The Labute approximate surface area is 206 Å². The lowest BCUT2D eigenvalue weighted by atomic mass is 9.85. The summed E-state index contributed by atoms with van der Waals surface area (Å²) in [5.74, 6) is -0.116. The molecule has 2 heterocycles. The van der Waals surface area contributed by atoms with Gasteiger partial charge in [0.15, 0.2) is 12.0 Å². The Kier molecular flexibility index (Phi) is 6.16. The fourth-order valence-electron chi connectivity index (χ4n) is 4.36. The summed E-state index contributed by atoms with van der Waals surface area (Å²) in [5, 5.41) is 0.261. The standard InChI is InChI=1S/C28H22O8/c1-32-22-14-23-26(28-27(22)20(29)13-21(36-28)16-7-4-3-5-8-16)19(12-24(30)35-23)17-9-6-10-18(11-17)34-15-25(31)33-2/h3-11,13-14,19H,12,15H2,1-2H3/t19-/m0/s1. The summed E-state index contributed by atoms with van der Waals surface area (Å²) in [4.78, 5) is 37.4. The Morgan fingerprint density at radius 3 is 2.56 bits per heavy atom. The maximum Gasteiger partial charge on any atom is 0.343 e. The normalized spacial score (nSPS) is 14.6. The van der Waals surface area contributed by atoms with Crippen LogP contribution in [0.2, 0.25) is 0 Å². The monoisotopic (exact) mass is 486 g/mol. The molecule has 36 heavy (non-hydrogen) atoms. The van der Waals surface area contributed by atoms with Crippen molar-refractivity contribution in [3.63, 3.8) is 0 Å². The van der Waals surface area contributed by atoms with Crippen LogP contribution in [0, 0.1) is 0 Å². The summed E-state index contributed by atoms with van der Waals surface area (Å²) in [6.45, 7) is -0.251. The van der Waals surface area contributed by atoms with Gasteiger partial charge in [0.2, 0.25) is 0 Å². The minimum Gasteiger partial charge on any atom is -0.496 e. The number of rotatable bonds is 6. The molecule has 1 aliphatic heterocycles. The van der Waals surface area contributed by atoms with Crippen LogP contribution >= 0.6 is 0 Å². The lowest BCUT2D eigenvalue weighted by molar-refractivity contribution is -0.143. The van der Waals surface area contributed by atoms with Crippen LogP contribution in [0.25, 0.3) is 22.3 Å². The summed E-state index contributed by atoms with van der Waals surface area (Å²) in [5.41, 5.74) is 2.03. The Hall–Kier alpha value is -4.59. The molecule has 0 radical (unpaired) electrons. The Bertz CT molecular complexity index is 1520. The van der Waals surface area contributed by atoms with Gasteiger partial charge in [-0.3, -0.25) is 9.59 Å². The first-order chi connectivity index (χ1) is 17.5. The van der Waals surface area contributed by atoms with Gasteiger partial charge in [0.1, 0.15) is 34.0 Å². The van der Waals surface area contributed by atoms with Crippen molar-refractivity contribution >= 4 is 22.9 Å². The minimum absolute atomic E-state index is 0.0220. The van der Waals surface area contributed by atoms with E-state index < -0.39 is 17.9 Å². The van der Waals surface area contributed by atoms with E-state index in [-0.39, 0.29) is 40.9 Å². The first kappa shape index (κ1) is 23.2. The van der Waals surface area contributed by atoms with E-state index in [1.54, 1.807) is 24.3 Å². The van der Waals surface area contributed by atoms with Crippen LogP contribution in [0.4, 0.5) is 0 Å². The van der Waals surface area contributed by atoms with Crippen LogP contribution in [0.3, 0.4) is 0 Å². The first-order valence-corrected chi connectivity index (χ1v) is 11.2. The smallest absolute Gasteiger partial charge is 0.343 e. The summed E-state index contributed by atoms with van der Waals surface area (Å²) < 4.78 is 27.5. The molecule has 0 saturated heterocycles. The van der Waals surface area contributed by atoms with Crippen molar-refractivity contribution < 1.29 is 33.0 Å². The number of fused-ring (bicyclic) bond motifs is 3. The highest BCUT2D eigenvalue weighted by molar-refractivity contribution is 5.93. The quantitative estimate of drug-likeness (QED) is 0.291.